The number of imide groups is 1. The number of aromatic nitrogens is 2. The van der Waals surface area contributed by atoms with E-state index in [9.17, 15) is 19.2 Å². The van der Waals surface area contributed by atoms with Crippen molar-refractivity contribution in [3.05, 3.63) is 104 Å². The Bertz CT molecular complexity index is 1650. The Morgan fingerprint density at radius 1 is 1.03 bits per heavy atom. The summed E-state index contributed by atoms with van der Waals surface area (Å²) in [6.07, 6.45) is 3.30. The Hall–Kier alpha value is -3.73. The summed E-state index contributed by atoms with van der Waals surface area (Å²) in [6.45, 7) is 1.70. The van der Waals surface area contributed by atoms with Gasteiger partial charge < -0.3 is 5.32 Å². The maximum Gasteiger partial charge on any atom is 0.308 e. The number of carbonyl (C=O) groups is 3. The molecule has 0 aliphatic carbocycles. The number of benzene rings is 2. The summed E-state index contributed by atoms with van der Waals surface area (Å²) in [5.74, 6) is -2.31. The molecule has 2 aliphatic heterocycles. The number of thiazole rings is 1. The molecular formula is C28H21ClN4O4S2. The smallest absolute Gasteiger partial charge is 0.308 e. The van der Waals surface area contributed by atoms with E-state index >= 15 is 0 Å². The highest BCUT2D eigenvalue weighted by molar-refractivity contribution is 8.00. The van der Waals surface area contributed by atoms with Crippen LogP contribution in [0.3, 0.4) is 0 Å². The highest BCUT2D eigenvalue weighted by atomic mass is 35.5. The molecule has 4 aromatic rings. The van der Waals surface area contributed by atoms with Crippen molar-refractivity contribution in [1.82, 2.24) is 9.55 Å². The zero-order valence-electron chi connectivity index (χ0n) is 20.5. The first-order chi connectivity index (χ1) is 18.8. The first-order valence-corrected chi connectivity index (χ1v) is 14.2. The Morgan fingerprint density at radius 2 is 1.77 bits per heavy atom. The van der Waals surface area contributed by atoms with Crippen LogP contribution in [0.15, 0.2) is 82.9 Å². The minimum absolute atomic E-state index is 0.235. The van der Waals surface area contributed by atoms with Crippen molar-refractivity contribution in [3.63, 3.8) is 0 Å². The molecular weight excluding hydrogens is 556 g/mol. The molecule has 0 saturated carbocycles. The molecule has 196 valence electrons. The van der Waals surface area contributed by atoms with Crippen LogP contribution in [0, 0.1) is 12.8 Å². The second-order valence-electron chi connectivity index (χ2n) is 9.35. The predicted molar refractivity (Wildman–Crippen MR) is 152 cm³/mol. The topological polar surface area (TPSA) is 101 Å². The van der Waals surface area contributed by atoms with Crippen molar-refractivity contribution in [2.75, 3.05) is 10.2 Å². The van der Waals surface area contributed by atoms with Gasteiger partial charge in [0.05, 0.1) is 16.6 Å². The second-order valence-corrected chi connectivity index (χ2v) is 11.9. The fraction of sp³-hybridized carbons (Fsp3) is 0.179. The molecule has 1 fully saturated rings. The van der Waals surface area contributed by atoms with E-state index in [4.69, 9.17) is 11.6 Å². The number of nitrogens with one attached hydrogen (secondary N) is 1. The van der Waals surface area contributed by atoms with Crippen LogP contribution in [0.4, 0.5) is 11.4 Å². The summed E-state index contributed by atoms with van der Waals surface area (Å²) in [7, 11) is 0. The molecule has 2 aromatic carbocycles. The summed E-state index contributed by atoms with van der Waals surface area (Å²) in [6, 6.07) is 17.5. The van der Waals surface area contributed by atoms with Crippen molar-refractivity contribution in [3.8, 4) is 0 Å². The zero-order chi connectivity index (χ0) is 27.3. The normalized spacial score (nSPS) is 20.1. The van der Waals surface area contributed by atoms with Crippen LogP contribution in [-0.4, -0.2) is 32.5 Å². The van der Waals surface area contributed by atoms with Crippen LogP contribution in [0.5, 0.6) is 0 Å². The van der Waals surface area contributed by atoms with Crippen LogP contribution in [0.2, 0.25) is 5.02 Å². The Morgan fingerprint density at radius 3 is 2.46 bits per heavy atom. The molecule has 2 aromatic heterocycles. The number of hydrogen-bond donors (Lipinski definition) is 1. The lowest BCUT2D eigenvalue weighted by atomic mass is 9.84. The van der Waals surface area contributed by atoms with Gasteiger partial charge >= 0.3 is 4.87 Å². The lowest BCUT2D eigenvalue weighted by molar-refractivity contribution is -0.122. The number of thioether (sulfide) groups is 1. The zero-order valence-corrected chi connectivity index (χ0v) is 22.9. The van der Waals surface area contributed by atoms with Crippen molar-refractivity contribution >= 4 is 63.8 Å². The molecule has 2 aliphatic rings. The van der Waals surface area contributed by atoms with Gasteiger partial charge in [0.25, 0.3) is 0 Å². The number of aryl methyl sites for hydroxylation is 1. The maximum absolute atomic E-state index is 13.8. The van der Waals surface area contributed by atoms with Gasteiger partial charge in [-0.1, -0.05) is 58.5 Å². The molecule has 8 nitrogen and oxygen atoms in total. The van der Waals surface area contributed by atoms with Gasteiger partial charge in [-0.15, -0.1) is 0 Å². The summed E-state index contributed by atoms with van der Waals surface area (Å²) >= 11 is 8.11. The first kappa shape index (κ1) is 25.5. The molecule has 3 amide bonds. The van der Waals surface area contributed by atoms with Crippen molar-refractivity contribution < 1.29 is 14.4 Å². The van der Waals surface area contributed by atoms with Gasteiger partial charge in [-0.3, -0.25) is 28.7 Å². The number of hydrogen-bond acceptors (Lipinski definition) is 7. The molecule has 0 bridgehead atoms. The molecule has 39 heavy (non-hydrogen) atoms. The number of anilines is 2. The summed E-state index contributed by atoms with van der Waals surface area (Å²) < 4.78 is 1.39. The lowest BCUT2D eigenvalue weighted by Crippen LogP contribution is -2.33. The van der Waals surface area contributed by atoms with E-state index in [1.807, 2.05) is 25.1 Å². The molecule has 0 spiro atoms. The number of pyridine rings is 1. The Kier molecular flexibility index (Phi) is 6.62. The van der Waals surface area contributed by atoms with E-state index in [-0.39, 0.29) is 23.2 Å². The quantitative estimate of drug-likeness (QED) is 0.346. The Balaban J connectivity index is 1.39. The monoisotopic (exact) mass is 576 g/mol. The van der Waals surface area contributed by atoms with Crippen molar-refractivity contribution in [1.29, 1.82) is 0 Å². The van der Waals surface area contributed by atoms with Crippen molar-refractivity contribution in [2.24, 2.45) is 5.92 Å². The molecule has 1 saturated heterocycles. The van der Waals surface area contributed by atoms with Crippen LogP contribution in [0.25, 0.3) is 0 Å². The number of rotatable bonds is 5. The molecule has 1 N–H and O–H groups in total. The highest BCUT2D eigenvalue weighted by Gasteiger charge is 2.56. The highest BCUT2D eigenvalue weighted by Crippen LogP contribution is 2.53. The fourth-order valence-corrected chi connectivity index (χ4v) is 7.90. The van der Waals surface area contributed by atoms with Crippen LogP contribution < -0.4 is 15.1 Å². The van der Waals surface area contributed by atoms with Gasteiger partial charge in [-0.2, -0.15) is 0 Å². The molecule has 11 heteroatoms. The van der Waals surface area contributed by atoms with Crippen molar-refractivity contribution in [2.45, 2.75) is 29.7 Å². The van der Waals surface area contributed by atoms with Crippen LogP contribution >= 0.6 is 34.7 Å². The summed E-state index contributed by atoms with van der Waals surface area (Å²) in [4.78, 5) is 59.5. The lowest BCUT2D eigenvalue weighted by Gasteiger charge is -2.30. The number of carbonyl (C=O) groups excluding carboxylic acids is 3. The van der Waals surface area contributed by atoms with E-state index in [0.29, 0.717) is 26.3 Å². The number of nitrogens with zero attached hydrogens (tertiary/aromatic N) is 3. The largest absolute Gasteiger partial charge is 0.325 e. The fourth-order valence-electron chi connectivity index (χ4n) is 5.00. The standard InChI is InChI=1S/C28H21ClN4O4S2/c1-15-4-10-19(11-5-15)33-25(35)22-21(16-3-2-12-30-13-16)24-27(38-23(22)26(33)36)32(28(37)39-24)14-20(34)31-18-8-6-17(29)7-9-18/h2-13,21-23H,14H2,1H3,(H,31,34)/t21-,22?,23?/m1/s1. The number of amides is 3. The van der Waals surface area contributed by atoms with Gasteiger partial charge in [0, 0.05) is 33.9 Å². The van der Waals surface area contributed by atoms with Crippen LogP contribution in [0.1, 0.15) is 21.9 Å². The molecule has 6 rings (SSSR count). The molecule has 0 radical (unpaired) electrons. The van der Waals surface area contributed by atoms with Gasteiger partial charge in [0.2, 0.25) is 17.7 Å². The van der Waals surface area contributed by atoms with Gasteiger partial charge in [-0.25, -0.2) is 4.90 Å². The van der Waals surface area contributed by atoms with E-state index < -0.39 is 23.0 Å². The Labute approximate surface area is 236 Å². The summed E-state index contributed by atoms with van der Waals surface area (Å²) in [5.41, 5.74) is 2.81. The third-order valence-corrected chi connectivity index (χ3v) is 9.67. The van der Waals surface area contributed by atoms with Gasteiger partial charge in [0.15, 0.2) is 0 Å². The van der Waals surface area contributed by atoms with E-state index in [2.05, 4.69) is 10.3 Å². The third-order valence-electron chi connectivity index (χ3n) is 6.81. The average Bonchev–Trinajstić information content (AvgIpc) is 3.37. The van der Waals surface area contributed by atoms with Gasteiger partial charge in [0.1, 0.15) is 11.8 Å². The first-order valence-electron chi connectivity index (χ1n) is 12.1. The third kappa shape index (κ3) is 4.58. The van der Waals surface area contributed by atoms with E-state index in [1.54, 1.807) is 54.9 Å². The minimum Gasteiger partial charge on any atom is -0.325 e. The molecule has 3 atom stereocenters. The van der Waals surface area contributed by atoms with E-state index in [0.717, 1.165) is 22.5 Å². The summed E-state index contributed by atoms with van der Waals surface area (Å²) in [5, 5.41) is 3.09. The van der Waals surface area contributed by atoms with E-state index in [1.165, 1.54) is 21.2 Å². The SMILES string of the molecule is Cc1ccc(N2C(=O)C3Sc4c(sc(=O)n4CC(=O)Nc4ccc(Cl)cc4)[C@H](c4cccnc4)C3C2=O)cc1. The maximum atomic E-state index is 13.8. The molecule has 4 heterocycles. The molecule has 2 unspecified atom stereocenters. The van der Waals surface area contributed by atoms with Crippen LogP contribution in [-0.2, 0) is 20.9 Å². The minimum atomic E-state index is -0.754. The second kappa shape index (κ2) is 10.1. The number of halogens is 1. The number of fused-ring (bicyclic) bond motifs is 2. The average molecular weight is 577 g/mol. The van der Waals surface area contributed by atoms with Gasteiger partial charge in [-0.05, 0) is 55.0 Å². The predicted octanol–water partition coefficient (Wildman–Crippen LogP) is 4.70.